The van der Waals surface area contributed by atoms with Crippen molar-refractivity contribution in [3.63, 3.8) is 0 Å². The Morgan fingerprint density at radius 1 is 1.00 bits per heavy atom. The molecule has 0 spiro atoms. The zero-order chi connectivity index (χ0) is 20.6. The Bertz CT molecular complexity index is 834. The van der Waals surface area contributed by atoms with Crippen LogP contribution in [0.1, 0.15) is 46.0 Å². The molecule has 1 atom stereocenters. The van der Waals surface area contributed by atoms with Crippen LogP contribution in [0.3, 0.4) is 0 Å². The van der Waals surface area contributed by atoms with Gasteiger partial charge in [0.15, 0.2) is 0 Å². The molecule has 1 saturated carbocycles. The van der Waals surface area contributed by atoms with E-state index in [1.54, 1.807) is 28.6 Å². The van der Waals surface area contributed by atoms with Crippen LogP contribution in [0.15, 0.2) is 35.2 Å². The molecule has 0 bridgehead atoms. The molecule has 0 aromatic heterocycles. The highest BCUT2D eigenvalue weighted by Gasteiger charge is 2.46. The van der Waals surface area contributed by atoms with Crippen molar-refractivity contribution in [1.29, 1.82) is 0 Å². The zero-order valence-electron chi connectivity index (χ0n) is 17.6. The molecule has 29 heavy (non-hydrogen) atoms. The summed E-state index contributed by atoms with van der Waals surface area (Å²) in [5, 5.41) is 0. The van der Waals surface area contributed by atoms with Crippen molar-refractivity contribution in [1.82, 2.24) is 14.1 Å². The maximum Gasteiger partial charge on any atom is 0.243 e. The first-order chi connectivity index (χ1) is 13.8. The standard InChI is InChI=1S/C22H33N3O3S/c1-22(2)17-24(29(27,28)20-11-7-4-8-12-20)16-19-15-23(13-14-25(19)22)21(26)18-9-5-3-6-10-18/h4,7-8,11-12,18-19H,3,5-6,9-10,13-17H2,1-2H3/t19-/m0/s1. The van der Waals surface area contributed by atoms with Gasteiger partial charge < -0.3 is 4.90 Å². The molecule has 0 N–H and O–H groups in total. The van der Waals surface area contributed by atoms with Gasteiger partial charge in [-0.05, 0) is 38.8 Å². The lowest BCUT2D eigenvalue weighted by molar-refractivity contribution is -0.142. The van der Waals surface area contributed by atoms with Crippen molar-refractivity contribution >= 4 is 15.9 Å². The molecular weight excluding hydrogens is 386 g/mol. The van der Waals surface area contributed by atoms with Gasteiger partial charge in [-0.15, -0.1) is 0 Å². The Morgan fingerprint density at radius 3 is 2.38 bits per heavy atom. The summed E-state index contributed by atoms with van der Waals surface area (Å²) in [4.78, 5) is 17.8. The van der Waals surface area contributed by atoms with Crippen molar-refractivity contribution < 1.29 is 13.2 Å². The zero-order valence-corrected chi connectivity index (χ0v) is 18.4. The van der Waals surface area contributed by atoms with Gasteiger partial charge in [-0.1, -0.05) is 37.5 Å². The minimum Gasteiger partial charge on any atom is -0.340 e. The molecule has 1 aromatic carbocycles. The lowest BCUT2D eigenvalue weighted by atomic mass is 9.87. The number of sulfonamides is 1. The fraction of sp³-hybridized carbons (Fsp3) is 0.682. The van der Waals surface area contributed by atoms with Gasteiger partial charge in [-0.2, -0.15) is 4.31 Å². The van der Waals surface area contributed by atoms with Gasteiger partial charge in [0, 0.05) is 50.2 Å². The maximum absolute atomic E-state index is 13.2. The van der Waals surface area contributed by atoms with E-state index in [0.29, 0.717) is 24.5 Å². The van der Waals surface area contributed by atoms with E-state index in [4.69, 9.17) is 0 Å². The van der Waals surface area contributed by atoms with Gasteiger partial charge in [0.25, 0.3) is 0 Å². The van der Waals surface area contributed by atoms with E-state index in [2.05, 4.69) is 18.7 Å². The first-order valence-corrected chi connectivity index (χ1v) is 12.3. The van der Waals surface area contributed by atoms with Gasteiger partial charge >= 0.3 is 0 Å². The average Bonchev–Trinajstić information content (AvgIpc) is 2.73. The van der Waals surface area contributed by atoms with Gasteiger partial charge in [0.1, 0.15) is 0 Å². The first-order valence-electron chi connectivity index (χ1n) is 10.9. The molecular formula is C22H33N3O3S. The SMILES string of the molecule is CC1(C)CN(S(=O)(=O)c2ccccc2)C[C@@H]2CN(C(=O)C3CCCCC3)CCN21. The third kappa shape index (κ3) is 4.09. The number of carbonyl (C=O) groups is 1. The molecule has 1 amide bonds. The van der Waals surface area contributed by atoms with E-state index in [1.165, 1.54) is 6.42 Å². The predicted octanol–water partition coefficient (Wildman–Crippen LogP) is 2.56. The molecule has 1 aromatic rings. The molecule has 2 heterocycles. The van der Waals surface area contributed by atoms with Crippen LogP contribution in [0.2, 0.25) is 0 Å². The summed E-state index contributed by atoms with van der Waals surface area (Å²) in [7, 11) is -3.54. The second-order valence-corrected chi connectivity index (χ2v) is 11.3. The Balaban J connectivity index is 1.52. The maximum atomic E-state index is 13.2. The molecule has 0 radical (unpaired) electrons. The van der Waals surface area contributed by atoms with Crippen LogP contribution in [-0.4, -0.2) is 72.7 Å². The highest BCUT2D eigenvalue weighted by atomic mass is 32.2. The van der Waals surface area contributed by atoms with Crippen molar-refractivity contribution in [2.45, 2.75) is 62.4 Å². The van der Waals surface area contributed by atoms with E-state index in [9.17, 15) is 13.2 Å². The lowest BCUT2D eigenvalue weighted by Gasteiger charge is -2.55. The average molecular weight is 420 g/mol. The second-order valence-electron chi connectivity index (χ2n) is 9.39. The molecule has 7 heteroatoms. The summed E-state index contributed by atoms with van der Waals surface area (Å²) in [6, 6.07) is 8.72. The summed E-state index contributed by atoms with van der Waals surface area (Å²) in [5.41, 5.74) is -0.259. The van der Waals surface area contributed by atoms with Crippen LogP contribution in [-0.2, 0) is 14.8 Å². The van der Waals surface area contributed by atoms with Gasteiger partial charge in [-0.25, -0.2) is 8.42 Å². The van der Waals surface area contributed by atoms with Crippen LogP contribution in [0.4, 0.5) is 0 Å². The predicted molar refractivity (Wildman–Crippen MR) is 113 cm³/mol. The highest BCUT2D eigenvalue weighted by Crippen LogP contribution is 2.33. The number of carbonyl (C=O) groups excluding carboxylic acids is 1. The molecule has 6 nitrogen and oxygen atoms in total. The van der Waals surface area contributed by atoms with Crippen molar-refractivity contribution in [3.05, 3.63) is 30.3 Å². The summed E-state index contributed by atoms with van der Waals surface area (Å²) in [6.45, 7) is 7.33. The number of benzene rings is 1. The van der Waals surface area contributed by atoms with E-state index in [1.807, 2.05) is 11.0 Å². The highest BCUT2D eigenvalue weighted by molar-refractivity contribution is 7.89. The number of hydrogen-bond donors (Lipinski definition) is 0. The van der Waals surface area contributed by atoms with Crippen LogP contribution >= 0.6 is 0 Å². The normalized spacial score (nSPS) is 26.8. The Hall–Kier alpha value is -1.44. The minimum absolute atomic E-state index is 0.0403. The van der Waals surface area contributed by atoms with Crippen LogP contribution in [0.25, 0.3) is 0 Å². The third-order valence-electron chi connectivity index (χ3n) is 6.88. The topological polar surface area (TPSA) is 60.9 Å². The first kappa shape index (κ1) is 20.8. The largest absolute Gasteiger partial charge is 0.340 e. The van der Waals surface area contributed by atoms with E-state index >= 15 is 0 Å². The summed E-state index contributed by atoms with van der Waals surface area (Å²) in [6.07, 6.45) is 5.54. The quantitative estimate of drug-likeness (QED) is 0.756. The van der Waals surface area contributed by atoms with Gasteiger partial charge in [0.2, 0.25) is 15.9 Å². The Kier molecular flexibility index (Phi) is 5.75. The number of fused-ring (bicyclic) bond motifs is 1. The molecule has 4 rings (SSSR count). The third-order valence-corrected chi connectivity index (χ3v) is 8.71. The Labute approximate surface area is 174 Å². The van der Waals surface area contributed by atoms with Crippen molar-refractivity contribution in [3.8, 4) is 0 Å². The summed E-state index contributed by atoms with van der Waals surface area (Å²) >= 11 is 0. The second kappa shape index (κ2) is 8.00. The number of piperazine rings is 2. The summed E-state index contributed by atoms with van der Waals surface area (Å²) in [5.74, 6) is 0.446. The van der Waals surface area contributed by atoms with E-state index in [-0.39, 0.29) is 23.4 Å². The molecule has 3 aliphatic rings. The fourth-order valence-corrected chi connectivity index (χ4v) is 7.02. The fourth-order valence-electron chi connectivity index (χ4n) is 5.36. The molecule has 2 aliphatic heterocycles. The minimum atomic E-state index is -3.54. The van der Waals surface area contributed by atoms with Gasteiger partial charge in [0.05, 0.1) is 4.90 Å². The van der Waals surface area contributed by atoms with Crippen molar-refractivity contribution in [2.24, 2.45) is 5.92 Å². The molecule has 2 saturated heterocycles. The van der Waals surface area contributed by atoms with Gasteiger partial charge in [-0.3, -0.25) is 9.69 Å². The number of hydrogen-bond acceptors (Lipinski definition) is 4. The Morgan fingerprint density at radius 2 is 1.69 bits per heavy atom. The smallest absolute Gasteiger partial charge is 0.243 e. The van der Waals surface area contributed by atoms with Crippen LogP contribution in [0, 0.1) is 5.92 Å². The molecule has 160 valence electrons. The molecule has 3 fully saturated rings. The molecule has 0 unspecified atom stereocenters. The van der Waals surface area contributed by atoms with Crippen LogP contribution < -0.4 is 0 Å². The lowest BCUT2D eigenvalue weighted by Crippen LogP contribution is -2.70. The molecule has 1 aliphatic carbocycles. The number of rotatable bonds is 3. The summed E-state index contributed by atoms with van der Waals surface area (Å²) < 4.78 is 28.1. The van der Waals surface area contributed by atoms with E-state index in [0.717, 1.165) is 38.8 Å². The van der Waals surface area contributed by atoms with Crippen LogP contribution in [0.5, 0.6) is 0 Å². The number of nitrogens with zero attached hydrogens (tertiary/aromatic N) is 3. The number of amides is 1. The monoisotopic (exact) mass is 419 g/mol. The van der Waals surface area contributed by atoms with Crippen molar-refractivity contribution in [2.75, 3.05) is 32.7 Å². The van der Waals surface area contributed by atoms with E-state index < -0.39 is 10.0 Å².